The van der Waals surface area contributed by atoms with Gasteiger partial charge in [-0.1, -0.05) is 24.3 Å². The van der Waals surface area contributed by atoms with Crippen molar-refractivity contribution in [2.75, 3.05) is 0 Å². The third-order valence-electron chi connectivity index (χ3n) is 4.25. The zero-order valence-corrected chi connectivity index (χ0v) is 11.7. The van der Waals surface area contributed by atoms with Crippen molar-refractivity contribution in [3.8, 4) is 0 Å². The van der Waals surface area contributed by atoms with Crippen molar-refractivity contribution < 1.29 is 13.9 Å². The first-order valence-electron chi connectivity index (χ1n) is 7.34. The van der Waals surface area contributed by atoms with E-state index >= 15 is 0 Å². The average molecular weight is 288 g/mol. The van der Waals surface area contributed by atoms with E-state index in [-0.39, 0.29) is 12.3 Å². The molecule has 0 aliphatic heterocycles. The van der Waals surface area contributed by atoms with E-state index in [1.807, 2.05) is 12.1 Å². The maximum absolute atomic E-state index is 13.2. The minimum Gasteiger partial charge on any atom is -0.392 e. The van der Waals surface area contributed by atoms with Gasteiger partial charge in [0.25, 0.3) is 0 Å². The smallest absolute Gasteiger partial charge is 0.126 e. The Hall–Kier alpha value is -1.74. The van der Waals surface area contributed by atoms with Gasteiger partial charge < -0.3 is 5.11 Å². The van der Waals surface area contributed by atoms with Crippen LogP contribution in [0.25, 0.3) is 0 Å². The Balaban J connectivity index is 1.81. The van der Waals surface area contributed by atoms with E-state index in [1.54, 1.807) is 0 Å². The Labute approximate surface area is 123 Å². The molecule has 0 heterocycles. The molecule has 1 aliphatic rings. The van der Waals surface area contributed by atoms with Gasteiger partial charge in [0.05, 0.1) is 6.10 Å². The van der Waals surface area contributed by atoms with E-state index in [0.29, 0.717) is 5.56 Å². The normalized spacial score (nSPS) is 19.1. The van der Waals surface area contributed by atoms with Crippen molar-refractivity contribution in [1.29, 1.82) is 0 Å². The minimum absolute atomic E-state index is 0.0429. The van der Waals surface area contributed by atoms with E-state index in [1.165, 1.54) is 23.3 Å². The molecule has 0 amide bonds. The van der Waals surface area contributed by atoms with Crippen LogP contribution >= 0.6 is 0 Å². The summed E-state index contributed by atoms with van der Waals surface area (Å²) in [5, 5.41) is 10.5. The Kier molecular flexibility index (Phi) is 4.02. The first-order valence-corrected chi connectivity index (χ1v) is 7.34. The lowest BCUT2D eigenvalue weighted by Crippen LogP contribution is -2.25. The molecule has 2 aromatic rings. The monoisotopic (exact) mass is 288 g/mol. The molecule has 1 N–H and O–H groups in total. The lowest BCUT2D eigenvalue weighted by atomic mass is 9.78. The van der Waals surface area contributed by atoms with Gasteiger partial charge in [0.15, 0.2) is 0 Å². The molecule has 3 rings (SSSR count). The highest BCUT2D eigenvalue weighted by atomic mass is 19.1. The average Bonchev–Trinajstić information content (AvgIpc) is 2.45. The van der Waals surface area contributed by atoms with Gasteiger partial charge in [0.1, 0.15) is 11.6 Å². The lowest BCUT2D eigenvalue weighted by molar-refractivity contribution is 0.134. The topological polar surface area (TPSA) is 20.2 Å². The molecule has 0 radical (unpaired) electrons. The second-order valence-electron chi connectivity index (χ2n) is 5.75. The second kappa shape index (κ2) is 5.94. The van der Waals surface area contributed by atoms with E-state index in [4.69, 9.17) is 0 Å². The summed E-state index contributed by atoms with van der Waals surface area (Å²) in [6.07, 6.45) is 2.64. The van der Waals surface area contributed by atoms with Crippen LogP contribution in [0.4, 0.5) is 8.78 Å². The molecule has 0 bridgehead atoms. The van der Waals surface area contributed by atoms with Crippen LogP contribution in [0, 0.1) is 11.6 Å². The predicted molar refractivity (Wildman–Crippen MR) is 78.2 cm³/mol. The van der Waals surface area contributed by atoms with Crippen LogP contribution < -0.4 is 0 Å². The lowest BCUT2D eigenvalue weighted by Gasteiger charge is -2.29. The van der Waals surface area contributed by atoms with Gasteiger partial charge in [-0.15, -0.1) is 0 Å². The molecule has 3 heteroatoms. The van der Waals surface area contributed by atoms with Crippen LogP contribution in [0.5, 0.6) is 0 Å². The number of rotatable bonds is 3. The summed E-state index contributed by atoms with van der Waals surface area (Å²) in [5.74, 6) is -1.15. The Morgan fingerprint density at radius 3 is 2.57 bits per heavy atom. The molecule has 0 aromatic heterocycles. The summed E-state index contributed by atoms with van der Waals surface area (Å²) in [6.45, 7) is 0. The molecule has 2 unspecified atom stereocenters. The van der Waals surface area contributed by atoms with Crippen LogP contribution in [-0.4, -0.2) is 11.2 Å². The van der Waals surface area contributed by atoms with Crippen LogP contribution in [0.2, 0.25) is 0 Å². The third kappa shape index (κ3) is 3.13. The molecule has 21 heavy (non-hydrogen) atoms. The fraction of sp³-hybridized carbons (Fsp3) is 0.333. The standard InChI is InChI=1S/C18H18F2O/c19-14-8-12(9-15(20)11-14)10-18(21)17-7-3-5-13-4-1-2-6-16(13)17/h1-2,4,6,8-9,11,17-18,21H,3,5,7,10H2. The molecule has 0 saturated carbocycles. The molecule has 0 fully saturated rings. The summed E-state index contributed by atoms with van der Waals surface area (Å²) < 4.78 is 26.5. The number of fused-ring (bicyclic) bond motifs is 1. The molecule has 110 valence electrons. The molecule has 2 atom stereocenters. The third-order valence-corrected chi connectivity index (χ3v) is 4.25. The zero-order chi connectivity index (χ0) is 14.8. The number of aliphatic hydroxyl groups excluding tert-OH is 1. The van der Waals surface area contributed by atoms with Gasteiger partial charge in [-0.3, -0.25) is 0 Å². The van der Waals surface area contributed by atoms with Crippen LogP contribution in [-0.2, 0) is 12.8 Å². The van der Waals surface area contributed by atoms with E-state index in [9.17, 15) is 13.9 Å². The summed E-state index contributed by atoms with van der Waals surface area (Å²) in [4.78, 5) is 0. The predicted octanol–water partition coefficient (Wildman–Crippen LogP) is 3.99. The second-order valence-corrected chi connectivity index (χ2v) is 5.75. The summed E-state index contributed by atoms with van der Waals surface area (Å²) in [7, 11) is 0. The van der Waals surface area contributed by atoms with Crippen molar-refractivity contribution in [2.24, 2.45) is 0 Å². The molecule has 0 saturated heterocycles. The maximum atomic E-state index is 13.2. The number of aliphatic hydroxyl groups is 1. The highest BCUT2D eigenvalue weighted by Crippen LogP contribution is 2.35. The summed E-state index contributed by atoms with van der Waals surface area (Å²) >= 11 is 0. The molecule has 0 spiro atoms. The van der Waals surface area contributed by atoms with Gasteiger partial charge in [0, 0.05) is 12.0 Å². The van der Waals surface area contributed by atoms with E-state index < -0.39 is 17.7 Å². The minimum atomic E-state index is -0.618. The van der Waals surface area contributed by atoms with Crippen LogP contribution in [0.3, 0.4) is 0 Å². The Bertz CT molecular complexity index is 619. The summed E-state index contributed by atoms with van der Waals surface area (Å²) in [6, 6.07) is 11.6. The van der Waals surface area contributed by atoms with Crippen LogP contribution in [0.15, 0.2) is 42.5 Å². The molecule has 2 aromatic carbocycles. The fourth-order valence-electron chi connectivity index (χ4n) is 3.30. The Morgan fingerprint density at radius 2 is 1.81 bits per heavy atom. The van der Waals surface area contributed by atoms with Crippen molar-refractivity contribution in [3.05, 3.63) is 70.8 Å². The number of hydrogen-bond donors (Lipinski definition) is 1. The van der Waals surface area contributed by atoms with Gasteiger partial charge in [-0.2, -0.15) is 0 Å². The largest absolute Gasteiger partial charge is 0.392 e. The van der Waals surface area contributed by atoms with Crippen molar-refractivity contribution >= 4 is 0 Å². The highest BCUT2D eigenvalue weighted by molar-refractivity contribution is 5.34. The fourth-order valence-corrected chi connectivity index (χ4v) is 3.30. The van der Waals surface area contributed by atoms with Crippen LogP contribution in [0.1, 0.15) is 35.4 Å². The first kappa shape index (κ1) is 14.2. The van der Waals surface area contributed by atoms with Crippen molar-refractivity contribution in [2.45, 2.75) is 37.7 Å². The molecule has 1 nitrogen and oxygen atoms in total. The van der Waals surface area contributed by atoms with Crippen molar-refractivity contribution in [1.82, 2.24) is 0 Å². The van der Waals surface area contributed by atoms with Gasteiger partial charge in [-0.05, 0) is 54.5 Å². The van der Waals surface area contributed by atoms with Gasteiger partial charge in [0.2, 0.25) is 0 Å². The molecular weight excluding hydrogens is 270 g/mol. The van der Waals surface area contributed by atoms with Gasteiger partial charge in [-0.25, -0.2) is 8.78 Å². The number of benzene rings is 2. The Morgan fingerprint density at radius 1 is 1.10 bits per heavy atom. The highest BCUT2D eigenvalue weighted by Gasteiger charge is 2.26. The summed E-state index contributed by atoms with van der Waals surface area (Å²) in [5.41, 5.74) is 2.95. The first-order chi connectivity index (χ1) is 10.1. The van der Waals surface area contributed by atoms with Crippen molar-refractivity contribution in [3.63, 3.8) is 0 Å². The van der Waals surface area contributed by atoms with Gasteiger partial charge >= 0.3 is 0 Å². The van der Waals surface area contributed by atoms with E-state index in [2.05, 4.69) is 12.1 Å². The number of aryl methyl sites for hydroxylation is 1. The zero-order valence-electron chi connectivity index (χ0n) is 11.7. The number of hydrogen-bond acceptors (Lipinski definition) is 1. The number of halogens is 2. The molecule has 1 aliphatic carbocycles. The SMILES string of the molecule is OC(Cc1cc(F)cc(F)c1)C1CCCc2ccccc21. The molecular formula is C18H18F2O. The van der Waals surface area contributed by atoms with E-state index in [0.717, 1.165) is 25.3 Å². The quantitative estimate of drug-likeness (QED) is 0.905. The maximum Gasteiger partial charge on any atom is 0.126 e.